The molecule has 0 bridgehead atoms. The van der Waals surface area contributed by atoms with Gasteiger partial charge in [0.15, 0.2) is 0 Å². The third-order valence-electron chi connectivity index (χ3n) is 3.84. The van der Waals surface area contributed by atoms with Gasteiger partial charge in [0.2, 0.25) is 0 Å². The summed E-state index contributed by atoms with van der Waals surface area (Å²) in [5.41, 5.74) is 2.01. The number of carbonyl (C=O) groups excluding carboxylic acids is 1. The van der Waals surface area contributed by atoms with Crippen molar-refractivity contribution in [1.29, 1.82) is 0 Å². The molecule has 22 heavy (non-hydrogen) atoms. The lowest BCUT2D eigenvalue weighted by Gasteiger charge is -2.20. The molecule has 0 saturated carbocycles. The highest BCUT2D eigenvalue weighted by atomic mass is 16.5. The maximum absolute atomic E-state index is 12.8. The topological polar surface area (TPSA) is 52.7 Å². The summed E-state index contributed by atoms with van der Waals surface area (Å²) in [4.78, 5) is 25.1. The zero-order valence-corrected chi connectivity index (χ0v) is 12.7. The average Bonchev–Trinajstić information content (AvgIpc) is 3.01. The predicted molar refractivity (Wildman–Crippen MR) is 85.1 cm³/mol. The second kappa shape index (κ2) is 5.67. The minimum Gasteiger partial charge on any atom is -0.464 e. The van der Waals surface area contributed by atoms with E-state index in [1.807, 2.05) is 47.9 Å². The number of hydrogen-bond donors (Lipinski definition) is 0. The highest BCUT2D eigenvalue weighted by Crippen LogP contribution is 2.21. The van der Waals surface area contributed by atoms with E-state index in [0.29, 0.717) is 18.5 Å². The lowest BCUT2D eigenvalue weighted by Crippen LogP contribution is -2.32. The van der Waals surface area contributed by atoms with Crippen LogP contribution in [0.2, 0.25) is 0 Å². The standard InChI is InChI=1S/C17H18N2O3/c1-3-12(17(21)22-4-2)19-14-9-6-5-8-13(14)18-11-7-10-15(18)16(19)20/h5-12H,3-4H2,1-2H3/t12-/m0/s1. The van der Waals surface area contributed by atoms with Crippen LogP contribution in [0.1, 0.15) is 26.3 Å². The van der Waals surface area contributed by atoms with E-state index < -0.39 is 6.04 Å². The van der Waals surface area contributed by atoms with Crippen molar-refractivity contribution in [3.05, 3.63) is 52.9 Å². The number of rotatable bonds is 4. The third-order valence-corrected chi connectivity index (χ3v) is 3.84. The van der Waals surface area contributed by atoms with Gasteiger partial charge in [-0.2, -0.15) is 0 Å². The number of fused-ring (bicyclic) bond motifs is 3. The number of hydrogen-bond acceptors (Lipinski definition) is 3. The first-order valence-corrected chi connectivity index (χ1v) is 7.46. The van der Waals surface area contributed by atoms with E-state index in [4.69, 9.17) is 4.74 Å². The zero-order valence-electron chi connectivity index (χ0n) is 12.7. The van der Waals surface area contributed by atoms with E-state index in [2.05, 4.69) is 0 Å². The maximum atomic E-state index is 12.8. The van der Waals surface area contributed by atoms with Gasteiger partial charge in [0.25, 0.3) is 5.56 Å². The van der Waals surface area contributed by atoms with Gasteiger partial charge in [0, 0.05) is 6.20 Å². The zero-order chi connectivity index (χ0) is 15.7. The first-order valence-electron chi connectivity index (χ1n) is 7.46. The highest BCUT2D eigenvalue weighted by Gasteiger charge is 2.24. The van der Waals surface area contributed by atoms with Gasteiger partial charge in [-0.3, -0.25) is 9.36 Å². The third kappa shape index (κ3) is 2.09. The van der Waals surface area contributed by atoms with Crippen molar-refractivity contribution >= 4 is 22.5 Å². The second-order valence-electron chi connectivity index (χ2n) is 5.10. The molecule has 0 N–H and O–H groups in total. The SMILES string of the molecule is CCOC(=O)[C@H](CC)n1c(=O)c2cccn2c2ccccc21. The van der Waals surface area contributed by atoms with Gasteiger partial charge >= 0.3 is 5.97 Å². The Hall–Kier alpha value is -2.56. The number of ether oxygens (including phenoxy) is 1. The number of esters is 1. The molecule has 2 aromatic heterocycles. The van der Waals surface area contributed by atoms with Crippen LogP contribution < -0.4 is 5.56 Å². The number of aromatic nitrogens is 2. The molecule has 0 unspecified atom stereocenters. The van der Waals surface area contributed by atoms with Crippen LogP contribution in [0.5, 0.6) is 0 Å². The van der Waals surface area contributed by atoms with Crippen molar-refractivity contribution in [3.8, 4) is 0 Å². The molecule has 0 aliphatic rings. The summed E-state index contributed by atoms with van der Waals surface area (Å²) in [7, 11) is 0. The first-order chi connectivity index (χ1) is 10.7. The van der Waals surface area contributed by atoms with Gasteiger partial charge < -0.3 is 9.14 Å². The van der Waals surface area contributed by atoms with Crippen LogP contribution in [0.4, 0.5) is 0 Å². The lowest BCUT2D eigenvalue weighted by molar-refractivity contribution is -0.147. The molecule has 1 aromatic carbocycles. The molecule has 114 valence electrons. The Kier molecular flexibility index (Phi) is 3.71. The number of nitrogens with zero attached hydrogens (tertiary/aromatic N) is 2. The maximum Gasteiger partial charge on any atom is 0.329 e. The van der Waals surface area contributed by atoms with Crippen LogP contribution in [0.3, 0.4) is 0 Å². The van der Waals surface area contributed by atoms with Gasteiger partial charge in [0.05, 0.1) is 17.6 Å². The summed E-state index contributed by atoms with van der Waals surface area (Å²) >= 11 is 0. The molecule has 1 atom stereocenters. The molecular formula is C17H18N2O3. The molecule has 0 saturated heterocycles. The molecule has 0 radical (unpaired) electrons. The molecule has 0 spiro atoms. The van der Waals surface area contributed by atoms with Crippen molar-refractivity contribution in [2.45, 2.75) is 26.3 Å². The first kappa shape index (κ1) is 14.4. The number of carbonyl (C=O) groups is 1. The lowest BCUT2D eigenvalue weighted by atomic mass is 10.2. The quantitative estimate of drug-likeness (QED) is 0.696. The van der Waals surface area contributed by atoms with Gasteiger partial charge in [0.1, 0.15) is 11.6 Å². The van der Waals surface area contributed by atoms with E-state index in [1.54, 1.807) is 17.6 Å². The molecule has 0 fully saturated rings. The Balaban J connectivity index is 2.37. The number of benzene rings is 1. The van der Waals surface area contributed by atoms with Crippen LogP contribution in [-0.4, -0.2) is 21.5 Å². The largest absolute Gasteiger partial charge is 0.464 e. The van der Waals surface area contributed by atoms with Gasteiger partial charge in [-0.1, -0.05) is 19.1 Å². The molecule has 5 heteroatoms. The second-order valence-corrected chi connectivity index (χ2v) is 5.10. The predicted octanol–water partition coefficient (Wildman–Crippen LogP) is 2.77. The Bertz CT molecular complexity index is 892. The molecular weight excluding hydrogens is 280 g/mol. The van der Waals surface area contributed by atoms with Crippen molar-refractivity contribution < 1.29 is 9.53 Å². The Morgan fingerprint density at radius 2 is 1.77 bits per heavy atom. The van der Waals surface area contributed by atoms with Crippen LogP contribution in [0, 0.1) is 0 Å². The minimum atomic E-state index is -0.614. The van der Waals surface area contributed by atoms with Crippen LogP contribution in [0.25, 0.3) is 16.6 Å². The Morgan fingerprint density at radius 3 is 2.45 bits per heavy atom. The normalized spacial score (nSPS) is 12.6. The fourth-order valence-corrected chi connectivity index (χ4v) is 2.87. The Morgan fingerprint density at radius 1 is 1.09 bits per heavy atom. The molecule has 3 rings (SSSR count). The highest BCUT2D eigenvalue weighted by molar-refractivity contribution is 5.82. The molecule has 0 amide bonds. The van der Waals surface area contributed by atoms with E-state index in [9.17, 15) is 9.59 Å². The van der Waals surface area contributed by atoms with Crippen LogP contribution in [-0.2, 0) is 9.53 Å². The smallest absolute Gasteiger partial charge is 0.329 e. The fraction of sp³-hybridized carbons (Fsp3) is 0.294. The molecule has 0 aliphatic heterocycles. The number of para-hydroxylation sites is 2. The van der Waals surface area contributed by atoms with Gasteiger partial charge in [-0.15, -0.1) is 0 Å². The van der Waals surface area contributed by atoms with E-state index in [-0.39, 0.29) is 11.5 Å². The molecule has 3 aromatic rings. The molecule has 5 nitrogen and oxygen atoms in total. The van der Waals surface area contributed by atoms with E-state index >= 15 is 0 Å². The summed E-state index contributed by atoms with van der Waals surface area (Å²) in [6.07, 6.45) is 2.36. The summed E-state index contributed by atoms with van der Waals surface area (Å²) in [6, 6.07) is 10.6. The minimum absolute atomic E-state index is 0.177. The molecule has 2 heterocycles. The summed E-state index contributed by atoms with van der Waals surface area (Å²) in [5.74, 6) is -0.367. The average molecular weight is 298 g/mol. The van der Waals surface area contributed by atoms with Crippen molar-refractivity contribution in [3.63, 3.8) is 0 Å². The fourth-order valence-electron chi connectivity index (χ4n) is 2.87. The van der Waals surface area contributed by atoms with Crippen molar-refractivity contribution in [2.75, 3.05) is 6.61 Å². The van der Waals surface area contributed by atoms with Crippen LogP contribution >= 0.6 is 0 Å². The summed E-state index contributed by atoms with van der Waals surface area (Å²) in [5, 5.41) is 0. The Labute approximate surface area is 127 Å². The van der Waals surface area contributed by atoms with Crippen molar-refractivity contribution in [2.24, 2.45) is 0 Å². The van der Waals surface area contributed by atoms with Crippen molar-refractivity contribution in [1.82, 2.24) is 8.97 Å². The van der Waals surface area contributed by atoms with Gasteiger partial charge in [-0.05, 0) is 37.6 Å². The van der Waals surface area contributed by atoms with Gasteiger partial charge in [-0.25, -0.2) is 4.79 Å². The summed E-state index contributed by atoms with van der Waals surface area (Å²) in [6.45, 7) is 3.95. The van der Waals surface area contributed by atoms with E-state index in [1.165, 1.54) is 0 Å². The monoisotopic (exact) mass is 298 g/mol. The summed E-state index contributed by atoms with van der Waals surface area (Å²) < 4.78 is 8.55. The van der Waals surface area contributed by atoms with Crippen LogP contribution in [0.15, 0.2) is 47.4 Å². The van der Waals surface area contributed by atoms with E-state index in [0.717, 1.165) is 11.0 Å². The molecule has 0 aliphatic carbocycles.